The second-order valence-electron chi connectivity index (χ2n) is 5.54. The van der Waals surface area contributed by atoms with Gasteiger partial charge >= 0.3 is 0 Å². The summed E-state index contributed by atoms with van der Waals surface area (Å²) in [5, 5.41) is 9.50. The van der Waals surface area contributed by atoms with Crippen molar-refractivity contribution in [3.63, 3.8) is 0 Å². The van der Waals surface area contributed by atoms with E-state index in [4.69, 9.17) is 0 Å². The average molecular weight is 294 g/mol. The molecule has 0 aliphatic heterocycles. The summed E-state index contributed by atoms with van der Waals surface area (Å²) in [6.07, 6.45) is 4.89. The molecule has 5 heteroatoms. The molecule has 0 saturated heterocycles. The molecule has 1 heterocycles. The topological polar surface area (TPSA) is 58.2 Å². The Morgan fingerprint density at radius 2 is 2.05 bits per heavy atom. The molecule has 1 aliphatic carbocycles. The lowest BCUT2D eigenvalue weighted by molar-refractivity contribution is -0.121. The van der Waals surface area contributed by atoms with E-state index in [2.05, 4.69) is 17.6 Å². The van der Waals surface area contributed by atoms with Crippen LogP contribution >= 0.6 is 11.3 Å². The molecule has 1 aromatic heterocycles. The first kappa shape index (κ1) is 15.0. The Morgan fingerprint density at radius 1 is 1.30 bits per heavy atom. The first-order valence-electron chi connectivity index (χ1n) is 7.25. The predicted molar refractivity (Wildman–Crippen MR) is 80.8 cm³/mol. The quantitative estimate of drug-likeness (QED) is 0.877. The number of thiophene rings is 1. The van der Waals surface area contributed by atoms with E-state index in [0.717, 1.165) is 18.8 Å². The molecule has 4 nitrogen and oxygen atoms in total. The molecule has 1 aliphatic rings. The zero-order chi connectivity index (χ0) is 14.4. The number of rotatable bonds is 5. The van der Waals surface area contributed by atoms with Crippen LogP contribution in [0.25, 0.3) is 0 Å². The van der Waals surface area contributed by atoms with E-state index < -0.39 is 0 Å². The van der Waals surface area contributed by atoms with Gasteiger partial charge in [-0.05, 0) is 43.0 Å². The van der Waals surface area contributed by atoms with E-state index in [1.54, 1.807) is 11.4 Å². The van der Waals surface area contributed by atoms with Crippen LogP contribution in [0, 0.1) is 5.92 Å². The molecule has 2 N–H and O–H groups in total. The Kier molecular flexibility index (Phi) is 5.59. The highest BCUT2D eigenvalue weighted by Gasteiger charge is 2.19. The van der Waals surface area contributed by atoms with Gasteiger partial charge in [-0.1, -0.05) is 6.92 Å². The third-order valence-electron chi connectivity index (χ3n) is 3.80. The van der Waals surface area contributed by atoms with Gasteiger partial charge in [-0.2, -0.15) is 11.3 Å². The first-order valence-corrected chi connectivity index (χ1v) is 8.19. The summed E-state index contributed by atoms with van der Waals surface area (Å²) in [7, 11) is 0. The van der Waals surface area contributed by atoms with E-state index in [9.17, 15) is 9.59 Å². The van der Waals surface area contributed by atoms with Crippen molar-refractivity contribution in [2.75, 3.05) is 6.54 Å². The predicted octanol–water partition coefficient (Wildman–Crippen LogP) is 2.56. The summed E-state index contributed by atoms with van der Waals surface area (Å²) in [4.78, 5) is 23.5. The molecule has 0 radical (unpaired) electrons. The SMILES string of the molecule is CC1CCC(NC(=O)CCNC(=O)c2ccsc2)CC1. The largest absolute Gasteiger partial charge is 0.353 e. The van der Waals surface area contributed by atoms with Crippen LogP contribution in [-0.2, 0) is 4.79 Å². The minimum absolute atomic E-state index is 0.0372. The Hall–Kier alpha value is -1.36. The first-order chi connectivity index (χ1) is 9.65. The molecule has 0 bridgehead atoms. The van der Waals surface area contributed by atoms with Crippen molar-refractivity contribution in [3.8, 4) is 0 Å². The van der Waals surface area contributed by atoms with Gasteiger partial charge in [0.2, 0.25) is 5.91 Å². The molecule has 1 fully saturated rings. The van der Waals surface area contributed by atoms with E-state index in [1.807, 2.05) is 5.38 Å². The number of nitrogens with one attached hydrogen (secondary N) is 2. The molecule has 2 amide bonds. The second-order valence-corrected chi connectivity index (χ2v) is 6.32. The van der Waals surface area contributed by atoms with Crippen LogP contribution in [0.1, 0.15) is 49.4 Å². The average Bonchev–Trinajstić information content (AvgIpc) is 2.95. The van der Waals surface area contributed by atoms with Crippen LogP contribution in [0.3, 0.4) is 0 Å². The van der Waals surface area contributed by atoms with Gasteiger partial charge in [0.25, 0.3) is 5.91 Å². The molecule has 1 aromatic rings. The van der Waals surface area contributed by atoms with Crippen molar-refractivity contribution in [1.29, 1.82) is 0 Å². The lowest BCUT2D eigenvalue weighted by Gasteiger charge is -2.26. The monoisotopic (exact) mass is 294 g/mol. The molecule has 20 heavy (non-hydrogen) atoms. The molecule has 0 atom stereocenters. The van der Waals surface area contributed by atoms with Crippen LogP contribution in [0.15, 0.2) is 16.8 Å². The maximum Gasteiger partial charge on any atom is 0.252 e. The molecule has 0 unspecified atom stereocenters. The van der Waals surface area contributed by atoms with Gasteiger partial charge in [0.1, 0.15) is 0 Å². The van der Waals surface area contributed by atoms with E-state index in [1.165, 1.54) is 24.2 Å². The molecule has 2 rings (SSSR count). The molecule has 1 saturated carbocycles. The van der Waals surface area contributed by atoms with Crippen molar-refractivity contribution in [2.45, 2.75) is 45.1 Å². The summed E-state index contributed by atoms with van der Waals surface area (Å²) in [5.41, 5.74) is 0.664. The lowest BCUT2D eigenvalue weighted by Crippen LogP contribution is -2.39. The Morgan fingerprint density at radius 3 is 2.70 bits per heavy atom. The standard InChI is InChI=1S/C15H22N2O2S/c1-11-2-4-13(5-3-11)17-14(18)6-8-16-15(19)12-7-9-20-10-12/h7,9-11,13H,2-6,8H2,1H3,(H,16,19)(H,17,18). The van der Waals surface area contributed by atoms with Gasteiger partial charge in [0.15, 0.2) is 0 Å². The van der Waals surface area contributed by atoms with Gasteiger partial charge in [-0.3, -0.25) is 9.59 Å². The van der Waals surface area contributed by atoms with Gasteiger partial charge in [-0.25, -0.2) is 0 Å². The van der Waals surface area contributed by atoms with Gasteiger partial charge < -0.3 is 10.6 Å². The second kappa shape index (κ2) is 7.43. The van der Waals surface area contributed by atoms with Gasteiger partial charge in [-0.15, -0.1) is 0 Å². The van der Waals surface area contributed by atoms with Crippen molar-refractivity contribution in [3.05, 3.63) is 22.4 Å². The number of hydrogen-bond donors (Lipinski definition) is 2. The summed E-state index contributed by atoms with van der Waals surface area (Å²) >= 11 is 1.49. The maximum absolute atomic E-state index is 11.8. The fourth-order valence-electron chi connectivity index (χ4n) is 2.49. The molecule has 0 spiro atoms. The summed E-state index contributed by atoms with van der Waals surface area (Å²) in [5.74, 6) is 0.716. The Bertz CT molecular complexity index is 437. The van der Waals surface area contributed by atoms with Crippen molar-refractivity contribution in [1.82, 2.24) is 10.6 Å². The van der Waals surface area contributed by atoms with Gasteiger partial charge in [0, 0.05) is 30.0 Å². The summed E-state index contributed by atoms with van der Waals surface area (Å²) in [6, 6.07) is 2.11. The van der Waals surface area contributed by atoms with Crippen LogP contribution in [0.5, 0.6) is 0 Å². The molecule has 110 valence electrons. The highest BCUT2D eigenvalue weighted by Crippen LogP contribution is 2.23. The molecular weight excluding hydrogens is 272 g/mol. The normalized spacial score (nSPS) is 22.2. The van der Waals surface area contributed by atoms with Crippen LogP contribution in [0.2, 0.25) is 0 Å². The van der Waals surface area contributed by atoms with E-state index >= 15 is 0 Å². The Balaban J connectivity index is 1.62. The van der Waals surface area contributed by atoms with E-state index in [-0.39, 0.29) is 11.8 Å². The third-order valence-corrected chi connectivity index (χ3v) is 4.49. The number of carbonyl (C=O) groups is 2. The van der Waals surface area contributed by atoms with Gasteiger partial charge in [0.05, 0.1) is 0 Å². The Labute approximate surface area is 124 Å². The molecule has 0 aromatic carbocycles. The van der Waals surface area contributed by atoms with E-state index in [0.29, 0.717) is 24.6 Å². The van der Waals surface area contributed by atoms with Crippen molar-refractivity contribution >= 4 is 23.2 Å². The summed E-state index contributed by atoms with van der Waals surface area (Å²) < 4.78 is 0. The fraction of sp³-hybridized carbons (Fsp3) is 0.600. The maximum atomic E-state index is 11.8. The van der Waals surface area contributed by atoms with Crippen LogP contribution in [-0.4, -0.2) is 24.4 Å². The highest BCUT2D eigenvalue weighted by molar-refractivity contribution is 7.08. The fourth-order valence-corrected chi connectivity index (χ4v) is 3.13. The number of carbonyl (C=O) groups excluding carboxylic acids is 2. The van der Waals surface area contributed by atoms with Crippen molar-refractivity contribution in [2.24, 2.45) is 5.92 Å². The number of hydrogen-bond acceptors (Lipinski definition) is 3. The highest BCUT2D eigenvalue weighted by atomic mass is 32.1. The minimum atomic E-state index is -0.106. The zero-order valence-corrected chi connectivity index (χ0v) is 12.7. The third kappa shape index (κ3) is 4.63. The van der Waals surface area contributed by atoms with Crippen LogP contribution < -0.4 is 10.6 Å². The lowest BCUT2D eigenvalue weighted by atomic mass is 9.87. The zero-order valence-electron chi connectivity index (χ0n) is 11.9. The van der Waals surface area contributed by atoms with Crippen molar-refractivity contribution < 1.29 is 9.59 Å². The minimum Gasteiger partial charge on any atom is -0.353 e. The summed E-state index contributed by atoms with van der Waals surface area (Å²) in [6.45, 7) is 2.65. The number of amides is 2. The van der Waals surface area contributed by atoms with Crippen LogP contribution in [0.4, 0.5) is 0 Å². The smallest absolute Gasteiger partial charge is 0.252 e. The molecular formula is C15H22N2O2S.